The van der Waals surface area contributed by atoms with Gasteiger partial charge in [0, 0.05) is 29.9 Å². The zero-order valence-corrected chi connectivity index (χ0v) is 14.3. The first-order valence-corrected chi connectivity index (χ1v) is 8.02. The lowest BCUT2D eigenvalue weighted by Gasteiger charge is -2.40. The number of nitrogens with one attached hydrogen (secondary N) is 1. The summed E-state index contributed by atoms with van der Waals surface area (Å²) >= 11 is 0. The first kappa shape index (κ1) is 16.8. The molecule has 0 radical (unpaired) electrons. The zero-order chi connectivity index (χ0) is 16.3. The van der Waals surface area contributed by atoms with E-state index in [-0.39, 0.29) is 11.3 Å². The number of carbonyl (C=O) groups is 1. The van der Waals surface area contributed by atoms with Crippen molar-refractivity contribution in [2.75, 3.05) is 23.4 Å². The lowest BCUT2D eigenvalue weighted by atomic mass is 9.92. The highest BCUT2D eigenvalue weighted by atomic mass is 16.5. The van der Waals surface area contributed by atoms with E-state index in [0.29, 0.717) is 18.5 Å². The number of amides is 1. The minimum absolute atomic E-state index is 0.00267. The Morgan fingerprint density at radius 3 is 2.23 bits per heavy atom. The van der Waals surface area contributed by atoms with E-state index in [1.807, 2.05) is 12.1 Å². The van der Waals surface area contributed by atoms with Gasteiger partial charge in [-0.3, -0.25) is 4.79 Å². The number of nitrogens with zero attached hydrogens (tertiary/aromatic N) is 1. The normalized spacial score (nSPS) is 22.5. The fourth-order valence-corrected chi connectivity index (χ4v) is 2.92. The number of hydrogen-bond donors (Lipinski definition) is 1. The van der Waals surface area contributed by atoms with Crippen molar-refractivity contribution in [2.45, 2.75) is 53.1 Å². The Morgan fingerprint density at radius 2 is 1.73 bits per heavy atom. The van der Waals surface area contributed by atoms with E-state index in [1.165, 1.54) is 5.69 Å². The van der Waals surface area contributed by atoms with E-state index >= 15 is 0 Å². The van der Waals surface area contributed by atoms with Crippen molar-refractivity contribution in [3.63, 3.8) is 0 Å². The monoisotopic (exact) mass is 304 g/mol. The van der Waals surface area contributed by atoms with Crippen LogP contribution in [0.2, 0.25) is 0 Å². The Hall–Kier alpha value is -1.55. The van der Waals surface area contributed by atoms with Crippen molar-refractivity contribution in [1.82, 2.24) is 0 Å². The Bertz CT molecular complexity index is 495. The third-order valence-corrected chi connectivity index (χ3v) is 3.81. The summed E-state index contributed by atoms with van der Waals surface area (Å²) in [7, 11) is 0. The molecule has 2 unspecified atom stereocenters. The molecule has 1 aromatic rings. The molecule has 22 heavy (non-hydrogen) atoms. The third kappa shape index (κ3) is 4.47. The van der Waals surface area contributed by atoms with E-state index in [9.17, 15) is 4.79 Å². The highest BCUT2D eigenvalue weighted by molar-refractivity contribution is 5.91. The fraction of sp³-hybridized carbons (Fsp3) is 0.611. The predicted molar refractivity (Wildman–Crippen MR) is 91.4 cm³/mol. The number of morpholine rings is 1. The van der Waals surface area contributed by atoms with E-state index in [0.717, 1.165) is 18.9 Å². The summed E-state index contributed by atoms with van der Waals surface area (Å²) in [6.45, 7) is 12.1. The van der Waals surface area contributed by atoms with Gasteiger partial charge in [-0.1, -0.05) is 20.8 Å². The highest BCUT2D eigenvalue weighted by Gasteiger charge is 2.25. The van der Waals surface area contributed by atoms with Crippen molar-refractivity contribution in [2.24, 2.45) is 5.41 Å². The van der Waals surface area contributed by atoms with Crippen LogP contribution in [-0.4, -0.2) is 31.2 Å². The molecule has 4 heteroatoms. The van der Waals surface area contributed by atoms with Gasteiger partial charge in [0.25, 0.3) is 0 Å². The van der Waals surface area contributed by atoms with Crippen LogP contribution in [0.1, 0.15) is 41.0 Å². The van der Waals surface area contributed by atoms with E-state index in [4.69, 9.17) is 4.74 Å². The molecule has 0 aromatic heterocycles. The fourth-order valence-electron chi connectivity index (χ4n) is 2.92. The lowest BCUT2D eigenvalue weighted by Crippen LogP contribution is -2.49. The maximum Gasteiger partial charge on any atom is 0.224 e. The number of hydrogen-bond acceptors (Lipinski definition) is 3. The lowest BCUT2D eigenvalue weighted by molar-refractivity contribution is -0.117. The van der Waals surface area contributed by atoms with E-state index in [2.05, 4.69) is 57.0 Å². The number of benzene rings is 1. The molecule has 1 fully saturated rings. The summed E-state index contributed by atoms with van der Waals surface area (Å²) in [6, 6.07) is 8.83. The van der Waals surface area contributed by atoms with Gasteiger partial charge in [-0.15, -0.1) is 0 Å². The largest absolute Gasteiger partial charge is 0.377 e. The minimum Gasteiger partial charge on any atom is -0.377 e. The molecule has 1 heterocycles. The van der Waals surface area contributed by atoms with Gasteiger partial charge >= 0.3 is 0 Å². The number of carbonyl (C=O) groups excluding carboxylic acids is 1. The van der Waals surface area contributed by atoms with Crippen LogP contribution in [0.5, 0.6) is 0 Å². The standard InChI is InChI=1S/C18H28N2O2/c1-13-11-22-12-14(2)20(13)16-8-6-15(7-9-16)19-17(21)10-18(3,4)5/h6-9,13-14H,10-12H2,1-5H3,(H,19,21). The second-order valence-electron chi connectivity index (χ2n) is 7.48. The van der Waals surface area contributed by atoms with E-state index in [1.54, 1.807) is 0 Å². The Morgan fingerprint density at radius 1 is 1.18 bits per heavy atom. The summed E-state index contributed by atoms with van der Waals surface area (Å²) in [4.78, 5) is 14.4. The SMILES string of the molecule is CC1COCC(C)N1c1ccc(NC(=O)CC(C)(C)C)cc1. The second kappa shape index (κ2) is 6.69. The summed E-state index contributed by atoms with van der Waals surface area (Å²) in [6.07, 6.45) is 0.520. The maximum absolute atomic E-state index is 12.0. The van der Waals surface area contributed by atoms with Crippen molar-refractivity contribution < 1.29 is 9.53 Å². The van der Waals surface area contributed by atoms with Crippen molar-refractivity contribution in [3.05, 3.63) is 24.3 Å². The van der Waals surface area contributed by atoms with Crippen LogP contribution in [0, 0.1) is 5.41 Å². The molecule has 1 aromatic carbocycles. The number of anilines is 2. The Balaban J connectivity index is 2.02. The topological polar surface area (TPSA) is 41.6 Å². The molecule has 1 saturated heterocycles. The average molecular weight is 304 g/mol. The first-order valence-electron chi connectivity index (χ1n) is 8.02. The maximum atomic E-state index is 12.0. The van der Waals surface area contributed by atoms with Crippen LogP contribution in [0.4, 0.5) is 11.4 Å². The van der Waals surface area contributed by atoms with Crippen LogP contribution in [0.25, 0.3) is 0 Å². The summed E-state index contributed by atoms with van der Waals surface area (Å²) in [5.74, 6) is 0.0633. The molecule has 2 rings (SSSR count). The molecular weight excluding hydrogens is 276 g/mol. The van der Waals surface area contributed by atoms with Gasteiger partial charge in [-0.05, 0) is 43.5 Å². The van der Waals surface area contributed by atoms with Gasteiger partial charge in [0.05, 0.1) is 13.2 Å². The molecule has 0 bridgehead atoms. The second-order valence-corrected chi connectivity index (χ2v) is 7.48. The Labute approximate surface area is 133 Å². The van der Waals surface area contributed by atoms with Gasteiger partial charge in [-0.25, -0.2) is 0 Å². The van der Waals surface area contributed by atoms with Crippen LogP contribution < -0.4 is 10.2 Å². The third-order valence-electron chi connectivity index (χ3n) is 3.81. The summed E-state index contributed by atoms with van der Waals surface area (Å²) in [5, 5.41) is 2.97. The van der Waals surface area contributed by atoms with Gasteiger partial charge in [0.1, 0.15) is 0 Å². The molecule has 1 amide bonds. The summed E-state index contributed by atoms with van der Waals surface area (Å²) < 4.78 is 5.57. The molecule has 1 N–H and O–H groups in total. The molecule has 0 aliphatic carbocycles. The predicted octanol–water partition coefficient (Wildman–Crippen LogP) is 3.67. The van der Waals surface area contributed by atoms with Crippen LogP contribution in [0.3, 0.4) is 0 Å². The molecule has 122 valence electrons. The van der Waals surface area contributed by atoms with Gasteiger partial charge in [-0.2, -0.15) is 0 Å². The Kier molecular flexibility index (Phi) is 5.12. The van der Waals surface area contributed by atoms with Crippen LogP contribution in [0.15, 0.2) is 24.3 Å². The molecule has 0 spiro atoms. The first-order chi connectivity index (χ1) is 10.3. The van der Waals surface area contributed by atoms with Crippen molar-refractivity contribution in [1.29, 1.82) is 0 Å². The zero-order valence-electron chi connectivity index (χ0n) is 14.3. The molecule has 4 nitrogen and oxygen atoms in total. The van der Waals surface area contributed by atoms with Crippen LogP contribution in [-0.2, 0) is 9.53 Å². The van der Waals surface area contributed by atoms with Crippen molar-refractivity contribution in [3.8, 4) is 0 Å². The molecule has 1 aliphatic rings. The van der Waals surface area contributed by atoms with E-state index < -0.39 is 0 Å². The smallest absolute Gasteiger partial charge is 0.224 e. The molecular formula is C18H28N2O2. The van der Waals surface area contributed by atoms with Gasteiger partial charge in [0.2, 0.25) is 5.91 Å². The van der Waals surface area contributed by atoms with Crippen molar-refractivity contribution >= 4 is 17.3 Å². The number of rotatable bonds is 3. The summed E-state index contributed by atoms with van der Waals surface area (Å²) in [5.41, 5.74) is 2.03. The highest BCUT2D eigenvalue weighted by Crippen LogP contribution is 2.25. The average Bonchev–Trinajstić information content (AvgIpc) is 2.38. The molecule has 1 aliphatic heterocycles. The quantitative estimate of drug-likeness (QED) is 0.926. The molecule has 0 saturated carbocycles. The number of ether oxygens (including phenoxy) is 1. The van der Waals surface area contributed by atoms with Crippen LogP contribution >= 0.6 is 0 Å². The van der Waals surface area contributed by atoms with Gasteiger partial charge in [0.15, 0.2) is 0 Å². The van der Waals surface area contributed by atoms with Gasteiger partial charge < -0.3 is 15.0 Å². The minimum atomic E-state index is 0.00267. The molecule has 2 atom stereocenters.